The molecule has 0 aliphatic rings. The SMILES string of the molecule is COc1ccc(C(=O)Nc2cccc(C(F)(F)F)c2)cc1COCC(C)C. The first-order valence-electron chi connectivity index (χ1n) is 8.44. The van der Waals surface area contributed by atoms with Crippen molar-refractivity contribution in [1.29, 1.82) is 0 Å². The molecule has 2 aromatic carbocycles. The molecule has 0 fully saturated rings. The number of carbonyl (C=O) groups excluding carboxylic acids is 1. The van der Waals surface area contributed by atoms with E-state index >= 15 is 0 Å². The smallest absolute Gasteiger partial charge is 0.416 e. The lowest BCUT2D eigenvalue weighted by Crippen LogP contribution is -2.14. The van der Waals surface area contributed by atoms with Crippen molar-refractivity contribution in [3.63, 3.8) is 0 Å². The summed E-state index contributed by atoms with van der Waals surface area (Å²) in [5.74, 6) is 0.430. The zero-order chi connectivity index (χ0) is 20.0. The zero-order valence-electron chi connectivity index (χ0n) is 15.4. The molecule has 0 aliphatic carbocycles. The Balaban J connectivity index is 2.16. The number of halogens is 3. The van der Waals surface area contributed by atoms with Gasteiger partial charge in [-0.05, 0) is 42.3 Å². The Hall–Kier alpha value is -2.54. The Morgan fingerprint density at radius 2 is 1.89 bits per heavy atom. The lowest BCUT2D eigenvalue weighted by molar-refractivity contribution is -0.137. The van der Waals surface area contributed by atoms with Gasteiger partial charge in [0.25, 0.3) is 5.91 Å². The third-order valence-corrected chi connectivity index (χ3v) is 3.70. The van der Waals surface area contributed by atoms with Crippen LogP contribution in [0.15, 0.2) is 42.5 Å². The number of methoxy groups -OCH3 is 1. The number of hydrogen-bond donors (Lipinski definition) is 1. The van der Waals surface area contributed by atoms with E-state index in [2.05, 4.69) is 5.32 Å². The van der Waals surface area contributed by atoms with E-state index in [4.69, 9.17) is 9.47 Å². The molecule has 4 nitrogen and oxygen atoms in total. The molecule has 0 radical (unpaired) electrons. The van der Waals surface area contributed by atoms with Crippen molar-refractivity contribution in [2.45, 2.75) is 26.6 Å². The molecule has 0 aromatic heterocycles. The van der Waals surface area contributed by atoms with Crippen LogP contribution in [0.1, 0.15) is 35.3 Å². The predicted octanol–water partition coefficient (Wildman–Crippen LogP) is 5.14. The van der Waals surface area contributed by atoms with E-state index in [9.17, 15) is 18.0 Å². The largest absolute Gasteiger partial charge is 0.496 e. The number of nitrogens with one attached hydrogen (secondary N) is 1. The Morgan fingerprint density at radius 1 is 1.15 bits per heavy atom. The molecule has 2 rings (SSSR count). The first-order chi connectivity index (χ1) is 12.7. The van der Waals surface area contributed by atoms with E-state index in [0.29, 0.717) is 29.4 Å². The predicted molar refractivity (Wildman–Crippen MR) is 96.9 cm³/mol. The average Bonchev–Trinajstić information content (AvgIpc) is 2.60. The molecule has 1 amide bonds. The van der Waals surface area contributed by atoms with E-state index in [-0.39, 0.29) is 12.3 Å². The van der Waals surface area contributed by atoms with Crippen molar-refractivity contribution < 1.29 is 27.4 Å². The van der Waals surface area contributed by atoms with Crippen molar-refractivity contribution in [1.82, 2.24) is 0 Å². The maximum atomic E-state index is 12.8. The van der Waals surface area contributed by atoms with Crippen molar-refractivity contribution in [3.8, 4) is 5.75 Å². The third kappa shape index (κ3) is 5.99. The van der Waals surface area contributed by atoms with E-state index in [0.717, 1.165) is 12.1 Å². The number of amides is 1. The molecule has 0 heterocycles. The molecule has 0 aliphatic heterocycles. The first-order valence-corrected chi connectivity index (χ1v) is 8.44. The summed E-state index contributed by atoms with van der Waals surface area (Å²) in [5, 5.41) is 2.49. The summed E-state index contributed by atoms with van der Waals surface area (Å²) in [5.41, 5.74) is 0.243. The summed E-state index contributed by atoms with van der Waals surface area (Å²) in [6.45, 7) is 4.88. The molecule has 0 unspecified atom stereocenters. The molecule has 0 spiro atoms. The summed E-state index contributed by atoms with van der Waals surface area (Å²) in [7, 11) is 1.52. The van der Waals surface area contributed by atoms with Crippen molar-refractivity contribution in [3.05, 3.63) is 59.2 Å². The molecule has 7 heteroatoms. The lowest BCUT2D eigenvalue weighted by atomic mass is 10.1. The average molecular weight is 381 g/mol. The van der Waals surface area contributed by atoms with Crippen LogP contribution in [-0.2, 0) is 17.5 Å². The van der Waals surface area contributed by atoms with Gasteiger partial charge in [0, 0.05) is 23.4 Å². The fourth-order valence-electron chi connectivity index (χ4n) is 2.41. The maximum Gasteiger partial charge on any atom is 0.416 e. The van der Waals surface area contributed by atoms with Crippen LogP contribution < -0.4 is 10.1 Å². The van der Waals surface area contributed by atoms with Crippen molar-refractivity contribution >= 4 is 11.6 Å². The van der Waals surface area contributed by atoms with Crippen LogP contribution in [-0.4, -0.2) is 19.6 Å². The van der Waals surface area contributed by atoms with Gasteiger partial charge in [-0.15, -0.1) is 0 Å². The Bertz CT molecular complexity index is 788. The lowest BCUT2D eigenvalue weighted by Gasteiger charge is -2.13. The zero-order valence-corrected chi connectivity index (χ0v) is 15.4. The minimum atomic E-state index is -4.47. The van der Waals surface area contributed by atoms with Crippen LogP contribution in [0.5, 0.6) is 5.75 Å². The first kappa shape index (κ1) is 20.8. The Kier molecular flexibility index (Phi) is 6.85. The molecule has 0 bridgehead atoms. The fraction of sp³-hybridized carbons (Fsp3) is 0.350. The van der Waals surface area contributed by atoms with Crippen LogP contribution in [0, 0.1) is 5.92 Å². The van der Waals surface area contributed by atoms with Crippen LogP contribution in [0.25, 0.3) is 0 Å². The van der Waals surface area contributed by atoms with Crippen LogP contribution in [0.2, 0.25) is 0 Å². The molecule has 27 heavy (non-hydrogen) atoms. The minimum Gasteiger partial charge on any atom is -0.496 e. The summed E-state index contributed by atoms with van der Waals surface area (Å²) >= 11 is 0. The van der Waals surface area contributed by atoms with Gasteiger partial charge in [0.1, 0.15) is 5.75 Å². The Morgan fingerprint density at radius 3 is 2.52 bits per heavy atom. The van der Waals surface area contributed by atoms with E-state index < -0.39 is 17.6 Å². The standard InChI is InChI=1S/C20H22F3NO3/c1-13(2)11-27-12-15-9-14(7-8-18(15)26-3)19(25)24-17-6-4-5-16(10-17)20(21,22)23/h4-10,13H,11-12H2,1-3H3,(H,24,25). The van der Waals surface area contributed by atoms with Gasteiger partial charge in [-0.3, -0.25) is 4.79 Å². The monoisotopic (exact) mass is 381 g/mol. The highest BCUT2D eigenvalue weighted by Crippen LogP contribution is 2.31. The van der Waals surface area contributed by atoms with E-state index in [1.165, 1.54) is 19.2 Å². The second-order valence-corrected chi connectivity index (χ2v) is 6.47. The third-order valence-electron chi connectivity index (χ3n) is 3.70. The van der Waals surface area contributed by atoms with Gasteiger partial charge in [-0.25, -0.2) is 0 Å². The Labute approximate surface area is 156 Å². The highest BCUT2D eigenvalue weighted by molar-refractivity contribution is 6.04. The number of anilines is 1. The molecule has 146 valence electrons. The van der Waals surface area contributed by atoms with Gasteiger partial charge in [-0.2, -0.15) is 13.2 Å². The highest BCUT2D eigenvalue weighted by atomic mass is 19.4. The van der Waals surface area contributed by atoms with Crippen LogP contribution >= 0.6 is 0 Å². The van der Waals surface area contributed by atoms with Gasteiger partial charge in [0.05, 0.1) is 19.3 Å². The highest BCUT2D eigenvalue weighted by Gasteiger charge is 2.30. The molecular weight excluding hydrogens is 359 g/mol. The van der Waals surface area contributed by atoms with Gasteiger partial charge in [0.15, 0.2) is 0 Å². The van der Waals surface area contributed by atoms with Crippen LogP contribution in [0.3, 0.4) is 0 Å². The molecule has 1 N–H and O–H groups in total. The summed E-state index contributed by atoms with van der Waals surface area (Å²) in [6, 6.07) is 9.30. The van der Waals surface area contributed by atoms with Crippen molar-refractivity contribution in [2.75, 3.05) is 19.0 Å². The normalized spacial score (nSPS) is 11.5. The van der Waals surface area contributed by atoms with E-state index in [1.807, 2.05) is 13.8 Å². The summed E-state index contributed by atoms with van der Waals surface area (Å²) in [6.07, 6.45) is -4.47. The second-order valence-electron chi connectivity index (χ2n) is 6.47. The maximum absolute atomic E-state index is 12.8. The minimum absolute atomic E-state index is 0.0725. The van der Waals surface area contributed by atoms with Gasteiger partial charge >= 0.3 is 6.18 Å². The number of rotatable bonds is 7. The molecule has 0 saturated carbocycles. The quantitative estimate of drug-likeness (QED) is 0.723. The van der Waals surface area contributed by atoms with Gasteiger partial charge in [-0.1, -0.05) is 19.9 Å². The number of benzene rings is 2. The molecule has 2 aromatic rings. The fourth-order valence-corrected chi connectivity index (χ4v) is 2.41. The molecule has 0 atom stereocenters. The van der Waals surface area contributed by atoms with Crippen molar-refractivity contribution in [2.24, 2.45) is 5.92 Å². The molecule has 0 saturated heterocycles. The van der Waals surface area contributed by atoms with Gasteiger partial charge < -0.3 is 14.8 Å². The van der Waals surface area contributed by atoms with Gasteiger partial charge in [0.2, 0.25) is 0 Å². The topological polar surface area (TPSA) is 47.6 Å². The number of carbonyl (C=O) groups is 1. The van der Waals surface area contributed by atoms with Crippen LogP contribution in [0.4, 0.5) is 18.9 Å². The summed E-state index contributed by atoms with van der Waals surface area (Å²) in [4.78, 5) is 12.4. The molecular formula is C20H22F3NO3. The number of hydrogen-bond acceptors (Lipinski definition) is 3. The number of alkyl halides is 3. The summed E-state index contributed by atoms with van der Waals surface area (Å²) < 4.78 is 49.3. The van der Waals surface area contributed by atoms with E-state index in [1.54, 1.807) is 18.2 Å². The number of ether oxygens (including phenoxy) is 2. The second kappa shape index (κ2) is 8.90.